The maximum atomic E-state index is 13.0. The molecule has 1 N–H and O–H groups in total. The molecule has 0 fully saturated rings. The maximum absolute atomic E-state index is 13.0. The van der Waals surface area contributed by atoms with Crippen LogP contribution >= 0.6 is 0 Å². The van der Waals surface area contributed by atoms with Gasteiger partial charge in [-0.25, -0.2) is 4.39 Å². The predicted molar refractivity (Wildman–Crippen MR) is 60.6 cm³/mol. The van der Waals surface area contributed by atoms with Crippen molar-refractivity contribution in [2.24, 2.45) is 0 Å². The number of allylic oxidation sites excluding steroid dienone is 2. The van der Waals surface area contributed by atoms with Crippen LogP contribution in [-0.4, -0.2) is 0 Å². The fourth-order valence-corrected chi connectivity index (χ4v) is 1.83. The van der Waals surface area contributed by atoms with E-state index in [1.54, 1.807) is 6.07 Å². The molecule has 78 valence electrons. The van der Waals surface area contributed by atoms with E-state index in [1.165, 1.54) is 11.6 Å². The molecule has 0 aromatic heterocycles. The van der Waals surface area contributed by atoms with Crippen LogP contribution in [0.1, 0.15) is 24.5 Å². The lowest BCUT2D eigenvalue weighted by Crippen LogP contribution is -2.13. The number of halogens is 1. The summed E-state index contributed by atoms with van der Waals surface area (Å²) in [6, 6.07) is 4.96. The summed E-state index contributed by atoms with van der Waals surface area (Å²) in [7, 11) is 0. The Morgan fingerprint density at radius 1 is 1.40 bits per heavy atom. The SMILES string of the molecule is C=C(C)NC1=Cc2cc(F)ccc2CC1. The fourth-order valence-electron chi connectivity index (χ4n) is 1.83. The molecule has 0 spiro atoms. The maximum Gasteiger partial charge on any atom is 0.123 e. The van der Waals surface area contributed by atoms with Gasteiger partial charge in [0.2, 0.25) is 0 Å². The third-order valence-corrected chi connectivity index (χ3v) is 2.48. The van der Waals surface area contributed by atoms with Crippen LogP contribution in [0.5, 0.6) is 0 Å². The summed E-state index contributed by atoms with van der Waals surface area (Å²) in [6.45, 7) is 5.72. The van der Waals surface area contributed by atoms with Crippen LogP contribution in [0, 0.1) is 5.82 Å². The highest BCUT2D eigenvalue weighted by atomic mass is 19.1. The van der Waals surface area contributed by atoms with Gasteiger partial charge >= 0.3 is 0 Å². The first-order valence-corrected chi connectivity index (χ1v) is 5.07. The molecule has 0 aliphatic heterocycles. The van der Waals surface area contributed by atoms with Crippen molar-refractivity contribution in [1.29, 1.82) is 0 Å². The molecule has 1 aromatic rings. The van der Waals surface area contributed by atoms with Crippen LogP contribution in [0.15, 0.2) is 36.2 Å². The Hall–Kier alpha value is -1.57. The molecule has 1 aromatic carbocycles. The van der Waals surface area contributed by atoms with Gasteiger partial charge in [0.1, 0.15) is 5.82 Å². The van der Waals surface area contributed by atoms with Crippen molar-refractivity contribution in [2.75, 3.05) is 0 Å². The minimum Gasteiger partial charge on any atom is -0.363 e. The van der Waals surface area contributed by atoms with E-state index in [-0.39, 0.29) is 5.82 Å². The second kappa shape index (κ2) is 3.89. The Bertz CT molecular complexity index is 432. The van der Waals surface area contributed by atoms with Crippen molar-refractivity contribution >= 4 is 6.08 Å². The molecule has 0 saturated carbocycles. The lowest BCUT2D eigenvalue weighted by molar-refractivity contribution is 0.626. The average molecular weight is 203 g/mol. The predicted octanol–water partition coefficient (Wildman–Crippen LogP) is 3.24. The molecular weight excluding hydrogens is 189 g/mol. The standard InChI is InChI=1S/C13H14FN/c1-9(2)15-13-6-4-10-3-5-12(14)7-11(10)8-13/h3,5,7-8,15H,1,4,6H2,2H3. The van der Waals surface area contributed by atoms with Crippen molar-refractivity contribution in [1.82, 2.24) is 5.32 Å². The van der Waals surface area contributed by atoms with Crippen LogP contribution in [-0.2, 0) is 6.42 Å². The number of rotatable bonds is 2. The number of benzene rings is 1. The molecule has 0 amide bonds. The molecule has 0 radical (unpaired) electrons. The Balaban J connectivity index is 2.31. The van der Waals surface area contributed by atoms with Crippen LogP contribution < -0.4 is 5.32 Å². The summed E-state index contributed by atoms with van der Waals surface area (Å²) in [4.78, 5) is 0. The summed E-state index contributed by atoms with van der Waals surface area (Å²) < 4.78 is 13.0. The van der Waals surface area contributed by atoms with Gasteiger partial charge in [-0.05, 0) is 49.1 Å². The zero-order chi connectivity index (χ0) is 10.8. The highest BCUT2D eigenvalue weighted by Gasteiger charge is 2.10. The van der Waals surface area contributed by atoms with E-state index in [9.17, 15) is 4.39 Å². The van der Waals surface area contributed by atoms with Crippen molar-refractivity contribution < 1.29 is 4.39 Å². The van der Waals surface area contributed by atoms with Gasteiger partial charge in [-0.2, -0.15) is 0 Å². The number of hydrogen-bond acceptors (Lipinski definition) is 1. The molecule has 1 aliphatic rings. The zero-order valence-electron chi connectivity index (χ0n) is 8.81. The number of nitrogens with one attached hydrogen (secondary N) is 1. The topological polar surface area (TPSA) is 12.0 Å². The van der Waals surface area contributed by atoms with Crippen molar-refractivity contribution in [3.8, 4) is 0 Å². The van der Waals surface area contributed by atoms with E-state index >= 15 is 0 Å². The second-order valence-electron chi connectivity index (χ2n) is 3.92. The van der Waals surface area contributed by atoms with Crippen LogP contribution in [0.25, 0.3) is 6.08 Å². The average Bonchev–Trinajstić information content (AvgIpc) is 2.16. The summed E-state index contributed by atoms with van der Waals surface area (Å²) in [5.41, 5.74) is 4.22. The Morgan fingerprint density at radius 2 is 2.20 bits per heavy atom. The quantitative estimate of drug-likeness (QED) is 0.778. The Kier molecular flexibility index (Phi) is 2.58. The minimum absolute atomic E-state index is 0.179. The second-order valence-corrected chi connectivity index (χ2v) is 3.92. The largest absolute Gasteiger partial charge is 0.363 e. The monoisotopic (exact) mass is 203 g/mol. The highest BCUT2D eigenvalue weighted by molar-refractivity contribution is 5.59. The van der Waals surface area contributed by atoms with Gasteiger partial charge in [0.05, 0.1) is 0 Å². The lowest BCUT2D eigenvalue weighted by atomic mass is 9.95. The molecule has 0 atom stereocenters. The molecule has 0 saturated heterocycles. The molecule has 0 unspecified atom stereocenters. The van der Waals surface area contributed by atoms with Gasteiger partial charge in [-0.1, -0.05) is 12.6 Å². The molecule has 2 rings (SSSR count). The van der Waals surface area contributed by atoms with E-state index in [0.717, 1.165) is 29.8 Å². The first kappa shape index (κ1) is 9.97. The van der Waals surface area contributed by atoms with E-state index in [0.29, 0.717) is 0 Å². The normalized spacial score (nSPS) is 14.1. The molecule has 1 aliphatic carbocycles. The zero-order valence-corrected chi connectivity index (χ0v) is 8.81. The first-order chi connectivity index (χ1) is 7.15. The molecule has 2 heteroatoms. The lowest BCUT2D eigenvalue weighted by Gasteiger charge is -2.17. The number of aryl methyl sites for hydroxylation is 1. The van der Waals surface area contributed by atoms with Gasteiger partial charge < -0.3 is 5.32 Å². The van der Waals surface area contributed by atoms with Crippen molar-refractivity contribution in [3.05, 3.63) is 53.1 Å². The van der Waals surface area contributed by atoms with Crippen LogP contribution in [0.4, 0.5) is 4.39 Å². The third-order valence-electron chi connectivity index (χ3n) is 2.48. The smallest absolute Gasteiger partial charge is 0.123 e. The van der Waals surface area contributed by atoms with E-state index in [2.05, 4.69) is 11.9 Å². The molecule has 0 heterocycles. The van der Waals surface area contributed by atoms with Gasteiger partial charge in [0.25, 0.3) is 0 Å². The van der Waals surface area contributed by atoms with Crippen molar-refractivity contribution in [2.45, 2.75) is 19.8 Å². The fraction of sp³-hybridized carbons (Fsp3) is 0.231. The van der Waals surface area contributed by atoms with Gasteiger partial charge in [0, 0.05) is 11.4 Å². The van der Waals surface area contributed by atoms with E-state index in [4.69, 9.17) is 0 Å². The number of fused-ring (bicyclic) bond motifs is 1. The van der Waals surface area contributed by atoms with Crippen LogP contribution in [0.3, 0.4) is 0 Å². The summed E-state index contributed by atoms with van der Waals surface area (Å²) >= 11 is 0. The summed E-state index contributed by atoms with van der Waals surface area (Å²) in [5, 5.41) is 3.19. The molecule has 0 bridgehead atoms. The minimum atomic E-state index is -0.179. The summed E-state index contributed by atoms with van der Waals surface area (Å²) in [5.74, 6) is -0.179. The molecular formula is C13H14FN. The van der Waals surface area contributed by atoms with Crippen LogP contribution in [0.2, 0.25) is 0 Å². The molecule has 1 nitrogen and oxygen atoms in total. The molecule has 15 heavy (non-hydrogen) atoms. The third kappa shape index (κ3) is 2.27. The Morgan fingerprint density at radius 3 is 2.93 bits per heavy atom. The van der Waals surface area contributed by atoms with Gasteiger partial charge in [-0.3, -0.25) is 0 Å². The Labute approximate surface area is 89.3 Å². The number of hydrogen-bond donors (Lipinski definition) is 1. The van der Waals surface area contributed by atoms with E-state index in [1.807, 2.05) is 19.1 Å². The van der Waals surface area contributed by atoms with E-state index < -0.39 is 0 Å². The van der Waals surface area contributed by atoms with Crippen molar-refractivity contribution in [3.63, 3.8) is 0 Å². The van der Waals surface area contributed by atoms with Gasteiger partial charge in [-0.15, -0.1) is 0 Å². The summed E-state index contributed by atoms with van der Waals surface area (Å²) in [6.07, 6.45) is 3.92. The highest BCUT2D eigenvalue weighted by Crippen LogP contribution is 2.23. The van der Waals surface area contributed by atoms with Gasteiger partial charge in [0.15, 0.2) is 0 Å². The first-order valence-electron chi connectivity index (χ1n) is 5.07.